The lowest BCUT2D eigenvalue weighted by atomic mass is 9.81. The molecular formula is C30H28N6O2. The number of para-hydroxylation sites is 2. The van der Waals surface area contributed by atoms with Crippen LogP contribution in [0.25, 0.3) is 22.3 Å². The summed E-state index contributed by atoms with van der Waals surface area (Å²) in [6.07, 6.45) is 4.23. The maximum atomic E-state index is 6.65. The normalized spacial score (nSPS) is 18.2. The second-order valence-electron chi connectivity index (χ2n) is 9.98. The topological polar surface area (TPSA) is 100 Å². The minimum absolute atomic E-state index is 0.0377. The van der Waals surface area contributed by atoms with Gasteiger partial charge >= 0.3 is 0 Å². The van der Waals surface area contributed by atoms with E-state index in [0.717, 1.165) is 77.5 Å². The number of nitrogens with one attached hydrogen (secondary N) is 1. The average molecular weight is 505 g/mol. The molecule has 1 saturated heterocycles. The van der Waals surface area contributed by atoms with Crippen molar-refractivity contribution in [2.75, 3.05) is 18.8 Å². The standard InChI is InChI=1S/C30H28N6O2/c31-28-26-27(20-10-12-22(13-11-20)37-21-6-2-1-3-7-21)35-36(29(26)34-19-33-28)24-18-30(14-16-32-17-15-30)38-25-9-5-4-8-23(24)25/h1-13,19,24,32H,14-18H2,(H2,31,33,34). The molecule has 0 bridgehead atoms. The summed E-state index contributed by atoms with van der Waals surface area (Å²) in [5, 5.41) is 9.38. The summed E-state index contributed by atoms with van der Waals surface area (Å²) in [5.74, 6) is 2.87. The second-order valence-corrected chi connectivity index (χ2v) is 9.98. The van der Waals surface area contributed by atoms with Crippen LogP contribution in [0.15, 0.2) is 85.2 Å². The molecule has 8 nitrogen and oxygen atoms in total. The van der Waals surface area contributed by atoms with Crippen molar-refractivity contribution in [1.29, 1.82) is 0 Å². The first-order chi connectivity index (χ1) is 18.7. The van der Waals surface area contributed by atoms with Crippen molar-refractivity contribution < 1.29 is 9.47 Å². The van der Waals surface area contributed by atoms with Crippen LogP contribution in [0.5, 0.6) is 17.2 Å². The van der Waals surface area contributed by atoms with Gasteiger partial charge in [0.1, 0.15) is 40.7 Å². The molecule has 1 unspecified atom stereocenters. The summed E-state index contributed by atoms with van der Waals surface area (Å²) in [7, 11) is 0. The molecule has 0 saturated carbocycles. The van der Waals surface area contributed by atoms with Gasteiger partial charge in [-0.2, -0.15) is 5.10 Å². The Morgan fingerprint density at radius 1 is 0.895 bits per heavy atom. The molecule has 3 N–H and O–H groups in total. The van der Waals surface area contributed by atoms with E-state index >= 15 is 0 Å². The fourth-order valence-corrected chi connectivity index (χ4v) is 5.71. The second kappa shape index (κ2) is 9.15. The number of nitrogen functional groups attached to an aromatic ring is 1. The SMILES string of the molecule is Nc1ncnc2c1c(-c1ccc(Oc3ccccc3)cc1)nn2C1CC2(CCNCC2)Oc2ccccc21. The van der Waals surface area contributed by atoms with E-state index in [1.807, 2.05) is 65.3 Å². The summed E-state index contributed by atoms with van der Waals surface area (Å²) < 4.78 is 14.7. The van der Waals surface area contributed by atoms with Crippen LogP contribution in [-0.2, 0) is 0 Å². The van der Waals surface area contributed by atoms with Gasteiger partial charge in [-0.3, -0.25) is 0 Å². The Morgan fingerprint density at radius 3 is 2.45 bits per heavy atom. The molecule has 38 heavy (non-hydrogen) atoms. The maximum absolute atomic E-state index is 6.65. The molecule has 3 aromatic carbocycles. The molecule has 4 heterocycles. The molecule has 2 aliphatic rings. The lowest BCUT2D eigenvalue weighted by Gasteiger charge is -2.44. The fourth-order valence-electron chi connectivity index (χ4n) is 5.71. The van der Waals surface area contributed by atoms with Crippen molar-refractivity contribution in [2.24, 2.45) is 0 Å². The number of fused-ring (bicyclic) bond motifs is 2. The number of anilines is 1. The number of nitrogens with two attached hydrogens (primary N) is 1. The quantitative estimate of drug-likeness (QED) is 0.340. The molecular weight excluding hydrogens is 476 g/mol. The Morgan fingerprint density at radius 2 is 1.63 bits per heavy atom. The van der Waals surface area contributed by atoms with Crippen LogP contribution in [0.3, 0.4) is 0 Å². The van der Waals surface area contributed by atoms with Crippen molar-refractivity contribution in [3.63, 3.8) is 0 Å². The van der Waals surface area contributed by atoms with Gasteiger partial charge in [-0.1, -0.05) is 36.4 Å². The third kappa shape index (κ3) is 3.94. The highest BCUT2D eigenvalue weighted by atomic mass is 16.5. The molecule has 5 aromatic rings. The average Bonchev–Trinajstić information content (AvgIpc) is 3.35. The lowest BCUT2D eigenvalue weighted by Crippen LogP contribution is -2.49. The molecule has 0 amide bonds. The Balaban J connectivity index is 1.32. The Labute approximate surface area is 220 Å². The summed E-state index contributed by atoms with van der Waals surface area (Å²) >= 11 is 0. The molecule has 8 heteroatoms. The highest BCUT2D eigenvalue weighted by Crippen LogP contribution is 2.46. The number of benzene rings is 3. The number of aromatic nitrogens is 4. The first-order valence-electron chi connectivity index (χ1n) is 13.0. The summed E-state index contributed by atoms with van der Waals surface area (Å²) in [6, 6.07) is 25.9. The van der Waals surface area contributed by atoms with E-state index in [9.17, 15) is 0 Å². The zero-order chi connectivity index (χ0) is 25.5. The van der Waals surface area contributed by atoms with Crippen LogP contribution in [0, 0.1) is 0 Å². The van der Waals surface area contributed by atoms with Gasteiger partial charge in [0, 0.05) is 17.5 Å². The minimum Gasteiger partial charge on any atom is -0.487 e. The molecule has 0 radical (unpaired) electrons. The Kier molecular flexibility index (Phi) is 5.47. The number of hydrogen-bond acceptors (Lipinski definition) is 7. The third-order valence-electron chi connectivity index (χ3n) is 7.60. The minimum atomic E-state index is -0.238. The maximum Gasteiger partial charge on any atom is 0.164 e. The molecule has 2 aliphatic heterocycles. The monoisotopic (exact) mass is 504 g/mol. The van der Waals surface area contributed by atoms with E-state index in [1.165, 1.54) is 6.33 Å². The van der Waals surface area contributed by atoms with E-state index < -0.39 is 0 Å². The van der Waals surface area contributed by atoms with Gasteiger partial charge in [0.2, 0.25) is 0 Å². The van der Waals surface area contributed by atoms with Gasteiger partial charge < -0.3 is 20.5 Å². The van der Waals surface area contributed by atoms with E-state index in [1.54, 1.807) is 0 Å². The van der Waals surface area contributed by atoms with Gasteiger partial charge in [0.05, 0.1) is 11.4 Å². The van der Waals surface area contributed by atoms with Crippen LogP contribution in [0.4, 0.5) is 5.82 Å². The Hall–Kier alpha value is -4.43. The van der Waals surface area contributed by atoms with Gasteiger partial charge in [0.15, 0.2) is 5.65 Å². The largest absolute Gasteiger partial charge is 0.487 e. The van der Waals surface area contributed by atoms with Crippen LogP contribution >= 0.6 is 0 Å². The van der Waals surface area contributed by atoms with Crippen molar-refractivity contribution >= 4 is 16.9 Å². The smallest absolute Gasteiger partial charge is 0.164 e. The van der Waals surface area contributed by atoms with E-state index in [0.29, 0.717) is 5.82 Å². The molecule has 2 aromatic heterocycles. The van der Waals surface area contributed by atoms with E-state index in [2.05, 4.69) is 33.5 Å². The molecule has 0 aliphatic carbocycles. The van der Waals surface area contributed by atoms with Crippen molar-refractivity contribution in [3.8, 4) is 28.5 Å². The molecule has 1 fully saturated rings. The molecule has 7 rings (SSSR count). The molecule has 1 spiro atoms. The predicted octanol–water partition coefficient (Wildman–Crippen LogP) is 5.36. The third-order valence-corrected chi connectivity index (χ3v) is 7.60. The van der Waals surface area contributed by atoms with Crippen molar-refractivity contribution in [2.45, 2.75) is 30.9 Å². The predicted molar refractivity (Wildman–Crippen MR) is 146 cm³/mol. The summed E-state index contributed by atoms with van der Waals surface area (Å²) in [5.41, 5.74) is 9.71. The Bertz CT molecular complexity index is 1590. The van der Waals surface area contributed by atoms with Crippen LogP contribution in [0.1, 0.15) is 30.9 Å². The zero-order valence-corrected chi connectivity index (χ0v) is 20.9. The van der Waals surface area contributed by atoms with Gasteiger partial charge in [0.25, 0.3) is 0 Å². The number of ether oxygens (including phenoxy) is 2. The first kappa shape index (κ1) is 22.7. The van der Waals surface area contributed by atoms with Gasteiger partial charge in [-0.25, -0.2) is 14.6 Å². The fraction of sp³-hybridized carbons (Fsp3) is 0.233. The summed E-state index contributed by atoms with van der Waals surface area (Å²) in [6.45, 7) is 1.87. The highest BCUT2D eigenvalue weighted by Gasteiger charge is 2.43. The van der Waals surface area contributed by atoms with E-state index in [4.69, 9.17) is 20.3 Å². The number of nitrogens with zero attached hydrogens (tertiary/aromatic N) is 4. The molecule has 190 valence electrons. The lowest BCUT2D eigenvalue weighted by molar-refractivity contribution is 0.00281. The van der Waals surface area contributed by atoms with E-state index in [-0.39, 0.29) is 11.6 Å². The van der Waals surface area contributed by atoms with Crippen molar-refractivity contribution in [1.82, 2.24) is 25.1 Å². The number of rotatable bonds is 4. The van der Waals surface area contributed by atoms with Gasteiger partial charge in [-0.15, -0.1) is 0 Å². The number of piperidine rings is 1. The van der Waals surface area contributed by atoms with Crippen LogP contribution in [-0.4, -0.2) is 38.4 Å². The zero-order valence-electron chi connectivity index (χ0n) is 20.9. The van der Waals surface area contributed by atoms with Crippen LogP contribution < -0.4 is 20.5 Å². The van der Waals surface area contributed by atoms with Gasteiger partial charge in [-0.05, 0) is 68.4 Å². The number of hydrogen-bond donors (Lipinski definition) is 2. The van der Waals surface area contributed by atoms with Crippen molar-refractivity contribution in [3.05, 3.63) is 90.8 Å². The highest BCUT2D eigenvalue weighted by molar-refractivity contribution is 5.98. The summed E-state index contributed by atoms with van der Waals surface area (Å²) in [4.78, 5) is 8.98. The first-order valence-corrected chi connectivity index (χ1v) is 13.0. The molecule has 1 atom stereocenters. The van der Waals surface area contributed by atoms with Crippen LogP contribution in [0.2, 0.25) is 0 Å².